The van der Waals surface area contributed by atoms with E-state index in [1.807, 2.05) is 59.5 Å². The van der Waals surface area contributed by atoms with E-state index in [-0.39, 0.29) is 21.9 Å². The van der Waals surface area contributed by atoms with Gasteiger partial charge >= 0.3 is 0 Å². The molecular formula is C27H24N4O6S. The number of non-ortho nitro benzene ring substituents is 1. The van der Waals surface area contributed by atoms with E-state index in [0.29, 0.717) is 61.4 Å². The summed E-state index contributed by atoms with van der Waals surface area (Å²) in [6.45, 7) is 1.09. The summed E-state index contributed by atoms with van der Waals surface area (Å²) in [7, 11) is 0. The van der Waals surface area contributed by atoms with Gasteiger partial charge in [-0.2, -0.15) is 0 Å². The van der Waals surface area contributed by atoms with Crippen LogP contribution in [0.3, 0.4) is 0 Å². The second-order valence-corrected chi connectivity index (χ2v) is 9.87. The lowest BCUT2D eigenvalue weighted by atomic mass is 10.1. The molecule has 5 rings (SSSR count). The largest absolute Gasteiger partial charge is 0.494 e. The third kappa shape index (κ3) is 5.47. The Balaban J connectivity index is 1.20. The zero-order chi connectivity index (χ0) is 26.6. The van der Waals surface area contributed by atoms with Gasteiger partial charge in [0.15, 0.2) is 0 Å². The van der Waals surface area contributed by atoms with Crippen LogP contribution in [-0.2, 0) is 11.2 Å². The molecule has 2 aliphatic rings. The fourth-order valence-electron chi connectivity index (χ4n) is 4.46. The van der Waals surface area contributed by atoms with Crippen LogP contribution in [-0.4, -0.2) is 51.9 Å². The number of nitro benzene ring substituents is 1. The first-order valence-corrected chi connectivity index (χ1v) is 12.8. The average Bonchev–Trinajstić information content (AvgIpc) is 3.24. The van der Waals surface area contributed by atoms with Crippen LogP contribution >= 0.6 is 11.8 Å². The number of fused-ring (bicyclic) bond motifs is 1. The van der Waals surface area contributed by atoms with Gasteiger partial charge in [-0.25, -0.2) is 0 Å². The normalized spacial score (nSPS) is 16.8. The Labute approximate surface area is 222 Å². The number of anilines is 2. The molecule has 0 aromatic heterocycles. The summed E-state index contributed by atoms with van der Waals surface area (Å²) < 4.78 is 5.85. The smallest absolute Gasteiger partial charge is 0.287 e. The molecule has 0 aliphatic carbocycles. The Kier molecular flexibility index (Phi) is 7.27. The minimum absolute atomic E-state index is 0.128. The van der Waals surface area contributed by atoms with Crippen LogP contribution in [0.1, 0.15) is 22.3 Å². The van der Waals surface area contributed by atoms with Crippen LogP contribution in [0, 0.1) is 10.1 Å². The first-order chi connectivity index (χ1) is 18.4. The van der Waals surface area contributed by atoms with Gasteiger partial charge in [0.1, 0.15) is 11.8 Å². The number of benzene rings is 3. The van der Waals surface area contributed by atoms with E-state index in [4.69, 9.17) is 4.74 Å². The Morgan fingerprint density at radius 1 is 1.03 bits per heavy atom. The molecule has 2 amide bonds. The van der Waals surface area contributed by atoms with Crippen LogP contribution < -0.4 is 15.0 Å². The molecule has 1 saturated heterocycles. The number of carbonyl (C=O) groups is 3. The lowest BCUT2D eigenvalue weighted by Crippen LogP contribution is -2.45. The van der Waals surface area contributed by atoms with Crippen molar-refractivity contribution in [3.8, 4) is 5.75 Å². The number of nitrogens with zero attached hydrogens (tertiary/aromatic N) is 3. The summed E-state index contributed by atoms with van der Waals surface area (Å²) in [4.78, 5) is 50.8. The summed E-state index contributed by atoms with van der Waals surface area (Å²) in [5.41, 5.74) is 2.59. The molecule has 10 nitrogen and oxygen atoms in total. The number of nitro groups is 1. The van der Waals surface area contributed by atoms with Gasteiger partial charge in [-0.1, -0.05) is 30.3 Å². The average molecular weight is 533 g/mol. The number of hydrogen-bond donors (Lipinski definition) is 1. The number of carbonyl (C=O) groups excluding carboxylic acids is 3. The monoisotopic (exact) mass is 532 g/mol. The molecule has 3 aromatic rings. The zero-order valence-corrected chi connectivity index (χ0v) is 21.1. The SMILES string of the molecule is O=C1NC(Cc2ccc(OCCCN3CN(c4ccccc4)c4ccc([N+](=O)[O-])cc4C3=O)cc2)C(=O)S1. The van der Waals surface area contributed by atoms with Gasteiger partial charge in [0.05, 0.1) is 29.4 Å². The third-order valence-electron chi connectivity index (χ3n) is 6.35. The Bertz CT molecular complexity index is 1380. The molecule has 1 fully saturated rings. The molecule has 2 aliphatic heterocycles. The standard InChI is InChI=1S/C27H24N4O6S/c32-25-22-16-20(31(35)36)9-12-24(22)30(19-5-2-1-3-6-19)17-29(25)13-4-14-37-21-10-7-18(8-11-21)15-23-26(33)38-27(34)28-23/h1-3,5-12,16,23H,4,13-15,17H2,(H,28,34). The van der Waals surface area contributed by atoms with Gasteiger partial charge in [0.2, 0.25) is 5.12 Å². The predicted octanol–water partition coefficient (Wildman–Crippen LogP) is 4.51. The van der Waals surface area contributed by atoms with Crippen LogP contribution in [0.25, 0.3) is 0 Å². The Morgan fingerprint density at radius 2 is 1.79 bits per heavy atom. The minimum atomic E-state index is -0.511. The topological polar surface area (TPSA) is 122 Å². The summed E-state index contributed by atoms with van der Waals surface area (Å²) in [6.07, 6.45) is 0.979. The van der Waals surface area contributed by atoms with E-state index < -0.39 is 11.0 Å². The number of hydrogen-bond acceptors (Lipinski definition) is 8. The highest BCUT2D eigenvalue weighted by atomic mass is 32.2. The Morgan fingerprint density at radius 3 is 2.47 bits per heavy atom. The van der Waals surface area contributed by atoms with Crippen molar-refractivity contribution in [3.05, 3.63) is 94.0 Å². The van der Waals surface area contributed by atoms with E-state index in [1.54, 1.807) is 11.0 Å². The Hall–Kier alpha value is -4.38. The lowest BCUT2D eigenvalue weighted by molar-refractivity contribution is -0.384. The minimum Gasteiger partial charge on any atom is -0.494 e. The fourth-order valence-corrected chi connectivity index (χ4v) is 5.13. The van der Waals surface area contributed by atoms with Crippen molar-refractivity contribution in [1.29, 1.82) is 0 Å². The second kappa shape index (κ2) is 10.9. The number of ether oxygens (including phenoxy) is 1. The van der Waals surface area contributed by atoms with Crippen LogP contribution in [0.5, 0.6) is 5.75 Å². The highest BCUT2D eigenvalue weighted by Gasteiger charge is 2.32. The van der Waals surface area contributed by atoms with E-state index in [1.165, 1.54) is 12.1 Å². The molecule has 1 N–H and O–H groups in total. The van der Waals surface area contributed by atoms with Gasteiger partial charge in [-0.15, -0.1) is 0 Å². The second-order valence-electron chi connectivity index (χ2n) is 8.89. The number of para-hydroxylation sites is 1. The zero-order valence-electron chi connectivity index (χ0n) is 20.2. The molecule has 0 spiro atoms. The first-order valence-electron chi connectivity index (χ1n) is 12.0. The first kappa shape index (κ1) is 25.3. The number of amides is 2. The predicted molar refractivity (Wildman–Crippen MR) is 143 cm³/mol. The van der Waals surface area contributed by atoms with Crippen molar-refractivity contribution in [2.45, 2.75) is 18.9 Å². The van der Waals surface area contributed by atoms with Gasteiger partial charge < -0.3 is 19.9 Å². The molecule has 11 heteroatoms. The molecule has 1 unspecified atom stereocenters. The maximum atomic E-state index is 13.2. The summed E-state index contributed by atoms with van der Waals surface area (Å²) in [5, 5.41) is 13.5. The number of nitrogens with one attached hydrogen (secondary N) is 1. The lowest BCUT2D eigenvalue weighted by Gasteiger charge is -2.38. The number of rotatable bonds is 9. The van der Waals surface area contributed by atoms with Crippen molar-refractivity contribution >= 4 is 45.1 Å². The molecule has 0 radical (unpaired) electrons. The number of thioether (sulfide) groups is 1. The van der Waals surface area contributed by atoms with Gasteiger partial charge in [0.25, 0.3) is 16.8 Å². The van der Waals surface area contributed by atoms with E-state index in [2.05, 4.69) is 5.32 Å². The van der Waals surface area contributed by atoms with Gasteiger partial charge in [-0.3, -0.25) is 24.5 Å². The molecule has 0 saturated carbocycles. The van der Waals surface area contributed by atoms with Crippen molar-refractivity contribution in [3.63, 3.8) is 0 Å². The molecule has 1 atom stereocenters. The van der Waals surface area contributed by atoms with Crippen LogP contribution in [0.4, 0.5) is 21.9 Å². The molecule has 38 heavy (non-hydrogen) atoms. The van der Waals surface area contributed by atoms with Crippen molar-refractivity contribution in [1.82, 2.24) is 10.2 Å². The van der Waals surface area contributed by atoms with E-state index >= 15 is 0 Å². The van der Waals surface area contributed by atoms with Crippen molar-refractivity contribution < 1.29 is 24.0 Å². The highest BCUT2D eigenvalue weighted by Crippen LogP contribution is 2.35. The summed E-state index contributed by atoms with van der Waals surface area (Å²) in [6, 6.07) is 20.8. The third-order valence-corrected chi connectivity index (χ3v) is 7.14. The molecule has 3 aromatic carbocycles. The van der Waals surface area contributed by atoms with Crippen molar-refractivity contribution in [2.24, 2.45) is 0 Å². The molecule has 194 valence electrons. The maximum Gasteiger partial charge on any atom is 0.287 e. The van der Waals surface area contributed by atoms with Crippen LogP contribution in [0.15, 0.2) is 72.8 Å². The van der Waals surface area contributed by atoms with Crippen LogP contribution in [0.2, 0.25) is 0 Å². The fraction of sp³-hybridized carbons (Fsp3) is 0.222. The molecule has 2 heterocycles. The van der Waals surface area contributed by atoms with E-state index in [0.717, 1.165) is 11.3 Å². The maximum absolute atomic E-state index is 13.2. The van der Waals surface area contributed by atoms with Gasteiger partial charge in [-0.05, 0) is 42.3 Å². The molecular weight excluding hydrogens is 508 g/mol. The van der Waals surface area contributed by atoms with Crippen molar-refractivity contribution in [2.75, 3.05) is 24.7 Å². The summed E-state index contributed by atoms with van der Waals surface area (Å²) in [5.74, 6) is 0.397. The van der Waals surface area contributed by atoms with Gasteiger partial charge in [0, 0.05) is 42.5 Å². The summed E-state index contributed by atoms with van der Waals surface area (Å²) >= 11 is 0.699. The van der Waals surface area contributed by atoms with E-state index in [9.17, 15) is 24.5 Å². The quantitative estimate of drug-likeness (QED) is 0.243. The molecule has 0 bridgehead atoms. The highest BCUT2D eigenvalue weighted by molar-refractivity contribution is 8.26.